The van der Waals surface area contributed by atoms with E-state index in [4.69, 9.17) is 0 Å². The quantitative estimate of drug-likeness (QED) is 0.194. The van der Waals surface area contributed by atoms with Crippen LogP contribution < -0.4 is 16.0 Å². The Bertz CT molecular complexity index is 683. The molecule has 2 amide bonds. The van der Waals surface area contributed by atoms with Gasteiger partial charge in [0.25, 0.3) is 5.91 Å². The molecule has 1 aromatic carbocycles. The lowest BCUT2D eigenvalue weighted by Crippen LogP contribution is -2.45. The van der Waals surface area contributed by atoms with Crippen LogP contribution >= 0.6 is 24.0 Å². The van der Waals surface area contributed by atoms with Crippen LogP contribution in [-0.2, 0) is 4.79 Å². The largest absolute Gasteiger partial charge is 0.507 e. The number of carbonyl (C=O) groups excluding carboxylic acids is 2. The number of guanidine groups is 1. The first-order valence-electron chi connectivity index (χ1n) is 9.44. The van der Waals surface area contributed by atoms with Gasteiger partial charge in [-0.25, -0.2) is 0 Å². The van der Waals surface area contributed by atoms with Gasteiger partial charge in [-0.15, -0.1) is 24.0 Å². The van der Waals surface area contributed by atoms with Crippen LogP contribution in [0.1, 0.15) is 37.0 Å². The van der Waals surface area contributed by atoms with Crippen molar-refractivity contribution in [3.05, 3.63) is 29.8 Å². The monoisotopic (exact) mass is 503 g/mol. The number of phenolic OH excluding ortho intramolecular Hbond substituents is 1. The first-order chi connectivity index (χ1) is 13.0. The Hall–Kier alpha value is -2.04. The molecule has 0 aliphatic carbocycles. The number of para-hydroxylation sites is 1. The Balaban J connectivity index is 0.00000392. The fraction of sp³-hybridized carbons (Fsp3) is 0.526. The van der Waals surface area contributed by atoms with Crippen molar-refractivity contribution in [3.8, 4) is 5.75 Å². The molecule has 1 aliphatic heterocycles. The zero-order valence-electron chi connectivity index (χ0n) is 16.4. The maximum Gasteiger partial charge on any atom is 0.255 e. The molecule has 0 saturated carbocycles. The summed E-state index contributed by atoms with van der Waals surface area (Å²) in [6.07, 6.45) is 1.41. The topological polar surface area (TPSA) is 106 Å². The van der Waals surface area contributed by atoms with Crippen LogP contribution in [0.4, 0.5) is 0 Å². The summed E-state index contributed by atoms with van der Waals surface area (Å²) in [4.78, 5) is 30.2. The van der Waals surface area contributed by atoms with Crippen molar-refractivity contribution in [3.63, 3.8) is 0 Å². The van der Waals surface area contributed by atoms with Gasteiger partial charge in [-0.2, -0.15) is 0 Å². The van der Waals surface area contributed by atoms with Gasteiger partial charge in [-0.05, 0) is 25.5 Å². The lowest BCUT2D eigenvalue weighted by Gasteiger charge is -2.18. The van der Waals surface area contributed by atoms with Crippen LogP contribution in [0, 0.1) is 0 Å². The van der Waals surface area contributed by atoms with Crippen molar-refractivity contribution in [2.45, 2.75) is 32.7 Å². The Labute approximate surface area is 183 Å². The number of amides is 2. The molecule has 28 heavy (non-hydrogen) atoms. The molecule has 2 rings (SSSR count). The van der Waals surface area contributed by atoms with Gasteiger partial charge in [0, 0.05) is 38.6 Å². The van der Waals surface area contributed by atoms with Crippen molar-refractivity contribution in [2.75, 3.05) is 32.7 Å². The zero-order chi connectivity index (χ0) is 19.6. The summed E-state index contributed by atoms with van der Waals surface area (Å²) in [5.74, 6) is 0.477. The molecule has 1 aromatic rings. The number of phenols is 1. The van der Waals surface area contributed by atoms with E-state index in [1.807, 2.05) is 18.7 Å². The van der Waals surface area contributed by atoms with E-state index in [-0.39, 0.29) is 53.1 Å². The van der Waals surface area contributed by atoms with Gasteiger partial charge in [0.2, 0.25) is 5.91 Å². The third-order valence-corrected chi connectivity index (χ3v) is 4.34. The molecule has 4 N–H and O–H groups in total. The lowest BCUT2D eigenvalue weighted by molar-refractivity contribution is -0.129. The van der Waals surface area contributed by atoms with Crippen molar-refractivity contribution >= 4 is 41.8 Å². The van der Waals surface area contributed by atoms with E-state index < -0.39 is 0 Å². The molecular formula is C19H30IN5O3. The molecule has 1 fully saturated rings. The van der Waals surface area contributed by atoms with Crippen LogP contribution in [0.5, 0.6) is 5.75 Å². The summed E-state index contributed by atoms with van der Waals surface area (Å²) in [7, 11) is 0. The fourth-order valence-corrected chi connectivity index (χ4v) is 2.94. The van der Waals surface area contributed by atoms with Crippen LogP contribution in [0.3, 0.4) is 0 Å². The van der Waals surface area contributed by atoms with E-state index in [0.717, 1.165) is 19.5 Å². The highest BCUT2D eigenvalue weighted by Gasteiger charge is 2.25. The average molecular weight is 503 g/mol. The van der Waals surface area contributed by atoms with Gasteiger partial charge in [0.15, 0.2) is 5.96 Å². The predicted octanol–water partition coefficient (Wildman–Crippen LogP) is 1.31. The summed E-state index contributed by atoms with van der Waals surface area (Å²) in [6.45, 7) is 6.78. The van der Waals surface area contributed by atoms with E-state index >= 15 is 0 Å². The highest BCUT2D eigenvalue weighted by molar-refractivity contribution is 14.0. The van der Waals surface area contributed by atoms with Gasteiger partial charge in [0.05, 0.1) is 12.1 Å². The maximum absolute atomic E-state index is 12.1. The molecule has 0 radical (unpaired) electrons. The molecule has 1 aliphatic rings. The van der Waals surface area contributed by atoms with Gasteiger partial charge >= 0.3 is 0 Å². The lowest BCUT2D eigenvalue weighted by atomic mass is 10.2. The van der Waals surface area contributed by atoms with Crippen molar-refractivity contribution < 1.29 is 14.7 Å². The van der Waals surface area contributed by atoms with E-state index in [9.17, 15) is 14.7 Å². The second-order valence-electron chi connectivity index (χ2n) is 6.36. The molecular weight excluding hydrogens is 473 g/mol. The molecule has 156 valence electrons. The summed E-state index contributed by atoms with van der Waals surface area (Å²) >= 11 is 0. The Morgan fingerprint density at radius 3 is 2.68 bits per heavy atom. The molecule has 1 unspecified atom stereocenters. The number of carbonyl (C=O) groups is 2. The molecule has 1 saturated heterocycles. The zero-order valence-corrected chi connectivity index (χ0v) is 18.7. The Morgan fingerprint density at radius 2 is 2.00 bits per heavy atom. The number of hydrogen-bond acceptors (Lipinski definition) is 4. The number of halogens is 1. The highest BCUT2D eigenvalue weighted by Crippen LogP contribution is 2.14. The number of nitrogens with zero attached hydrogens (tertiary/aromatic N) is 2. The minimum absolute atomic E-state index is 0. The molecule has 0 aromatic heterocycles. The molecule has 0 bridgehead atoms. The van der Waals surface area contributed by atoms with Crippen molar-refractivity contribution in [1.82, 2.24) is 20.9 Å². The first-order valence-corrected chi connectivity index (χ1v) is 9.44. The van der Waals surface area contributed by atoms with Crippen LogP contribution in [-0.4, -0.2) is 66.5 Å². The number of nitrogens with one attached hydrogen (secondary N) is 3. The summed E-state index contributed by atoms with van der Waals surface area (Å²) in [5.41, 5.74) is 0.248. The van der Waals surface area contributed by atoms with Crippen LogP contribution in [0.2, 0.25) is 0 Å². The fourth-order valence-electron chi connectivity index (χ4n) is 2.94. The number of aromatic hydroxyl groups is 1. The maximum atomic E-state index is 12.1. The summed E-state index contributed by atoms with van der Waals surface area (Å²) < 4.78 is 0. The van der Waals surface area contributed by atoms with Crippen LogP contribution in [0.15, 0.2) is 29.3 Å². The van der Waals surface area contributed by atoms with Crippen molar-refractivity contribution in [2.24, 2.45) is 4.99 Å². The normalized spacial score (nSPS) is 16.3. The van der Waals surface area contributed by atoms with Crippen molar-refractivity contribution in [1.29, 1.82) is 0 Å². The number of rotatable bonds is 7. The SMILES string of the molecule is CCNC(=NCCNC(=O)c1ccccc1O)NC1CCN(C(=O)CC)C1.I. The van der Waals surface area contributed by atoms with Crippen LogP contribution in [0.25, 0.3) is 0 Å². The molecule has 1 heterocycles. The molecule has 1 atom stereocenters. The smallest absolute Gasteiger partial charge is 0.255 e. The summed E-state index contributed by atoms with van der Waals surface area (Å²) in [6, 6.07) is 6.60. The number of benzene rings is 1. The van der Waals surface area contributed by atoms with E-state index in [2.05, 4.69) is 20.9 Å². The molecule has 0 spiro atoms. The van der Waals surface area contributed by atoms with Gasteiger partial charge in [0.1, 0.15) is 5.75 Å². The summed E-state index contributed by atoms with van der Waals surface area (Å²) in [5, 5.41) is 19.0. The molecule has 8 nitrogen and oxygen atoms in total. The third kappa shape index (κ3) is 7.17. The predicted molar refractivity (Wildman–Crippen MR) is 120 cm³/mol. The van der Waals surface area contributed by atoms with E-state index in [0.29, 0.717) is 32.0 Å². The standard InChI is InChI=1S/C19H29N5O3.HI/c1-3-17(26)24-12-9-14(13-24)23-19(20-4-2)22-11-10-21-18(27)15-7-5-6-8-16(15)25;/h5-8,14,25H,3-4,9-13H2,1-2H3,(H,21,27)(H2,20,22,23);1H. The van der Waals surface area contributed by atoms with Gasteiger partial charge < -0.3 is 26.0 Å². The number of aliphatic imine (C=N–C) groups is 1. The van der Waals surface area contributed by atoms with E-state index in [1.54, 1.807) is 18.2 Å². The Kier molecular flexibility index (Phi) is 10.6. The molecule has 9 heteroatoms. The minimum atomic E-state index is -0.328. The van der Waals surface area contributed by atoms with Gasteiger partial charge in [-0.3, -0.25) is 14.6 Å². The minimum Gasteiger partial charge on any atom is -0.507 e. The third-order valence-electron chi connectivity index (χ3n) is 4.34. The van der Waals surface area contributed by atoms with Gasteiger partial charge in [-0.1, -0.05) is 19.1 Å². The average Bonchev–Trinajstić information content (AvgIpc) is 3.13. The highest BCUT2D eigenvalue weighted by atomic mass is 127. The second-order valence-corrected chi connectivity index (χ2v) is 6.36. The second kappa shape index (κ2) is 12.4. The first kappa shape index (κ1) is 24.0. The number of hydrogen-bond donors (Lipinski definition) is 4. The Morgan fingerprint density at radius 1 is 1.25 bits per heavy atom. The van der Waals surface area contributed by atoms with E-state index in [1.165, 1.54) is 6.07 Å². The number of likely N-dealkylation sites (tertiary alicyclic amines) is 1.